The van der Waals surface area contributed by atoms with Gasteiger partial charge in [-0.1, -0.05) is 0 Å². The summed E-state index contributed by atoms with van der Waals surface area (Å²) >= 11 is 0. The summed E-state index contributed by atoms with van der Waals surface area (Å²) in [6.45, 7) is 5.38. The number of amides is 1. The maximum absolute atomic E-state index is 11.8. The SMILES string of the molecule is CC(C)(C)OC(=O)Nc1cc(O)ccc1-n1cccc1. The average molecular weight is 274 g/mol. The molecule has 0 aliphatic heterocycles. The van der Waals surface area contributed by atoms with Gasteiger partial charge in [-0.25, -0.2) is 4.79 Å². The van der Waals surface area contributed by atoms with Gasteiger partial charge >= 0.3 is 6.09 Å². The van der Waals surface area contributed by atoms with Gasteiger partial charge in [0.25, 0.3) is 0 Å². The van der Waals surface area contributed by atoms with Crippen LogP contribution in [0.4, 0.5) is 10.5 Å². The second-order valence-corrected chi connectivity index (χ2v) is 5.42. The molecule has 1 amide bonds. The number of anilines is 1. The molecule has 0 aliphatic rings. The van der Waals surface area contributed by atoms with E-state index >= 15 is 0 Å². The molecule has 2 N–H and O–H groups in total. The Hall–Kier alpha value is -2.43. The minimum absolute atomic E-state index is 0.0759. The van der Waals surface area contributed by atoms with Gasteiger partial charge in [-0.15, -0.1) is 0 Å². The van der Waals surface area contributed by atoms with Crippen molar-refractivity contribution in [2.75, 3.05) is 5.32 Å². The van der Waals surface area contributed by atoms with E-state index in [1.165, 1.54) is 6.07 Å². The van der Waals surface area contributed by atoms with Crippen molar-refractivity contribution in [3.8, 4) is 11.4 Å². The molecular formula is C15H18N2O3. The number of carbonyl (C=O) groups excluding carboxylic acids is 1. The molecule has 0 atom stereocenters. The largest absolute Gasteiger partial charge is 0.508 e. The van der Waals surface area contributed by atoms with E-state index in [0.717, 1.165) is 5.69 Å². The van der Waals surface area contributed by atoms with Crippen LogP contribution in [-0.2, 0) is 4.74 Å². The van der Waals surface area contributed by atoms with E-state index in [9.17, 15) is 9.90 Å². The molecular weight excluding hydrogens is 256 g/mol. The lowest BCUT2D eigenvalue weighted by atomic mass is 10.2. The highest BCUT2D eigenvalue weighted by molar-refractivity contribution is 5.88. The summed E-state index contributed by atoms with van der Waals surface area (Å²) in [7, 11) is 0. The molecule has 0 bridgehead atoms. The third kappa shape index (κ3) is 3.54. The zero-order chi connectivity index (χ0) is 14.8. The first-order valence-corrected chi connectivity index (χ1v) is 6.31. The van der Waals surface area contributed by atoms with Crippen LogP contribution in [0.25, 0.3) is 5.69 Å². The molecule has 5 nitrogen and oxygen atoms in total. The fourth-order valence-corrected chi connectivity index (χ4v) is 1.76. The smallest absolute Gasteiger partial charge is 0.412 e. The molecule has 2 aromatic rings. The van der Waals surface area contributed by atoms with E-state index in [-0.39, 0.29) is 5.75 Å². The van der Waals surface area contributed by atoms with Crippen LogP contribution in [0.3, 0.4) is 0 Å². The number of aromatic nitrogens is 1. The van der Waals surface area contributed by atoms with E-state index in [1.807, 2.05) is 29.1 Å². The molecule has 5 heteroatoms. The first-order chi connectivity index (χ1) is 9.35. The molecule has 0 saturated carbocycles. The standard InChI is InChI=1S/C15H18N2O3/c1-15(2,3)20-14(19)16-12-10-11(18)6-7-13(12)17-8-4-5-9-17/h4-10,18H,1-3H3,(H,16,19). The Morgan fingerprint density at radius 3 is 2.50 bits per heavy atom. The number of rotatable bonds is 2. The molecule has 0 radical (unpaired) electrons. The lowest BCUT2D eigenvalue weighted by molar-refractivity contribution is 0.0636. The minimum atomic E-state index is -0.575. The van der Waals surface area contributed by atoms with E-state index in [2.05, 4.69) is 5.32 Å². The van der Waals surface area contributed by atoms with Gasteiger partial charge in [0.2, 0.25) is 0 Å². The zero-order valence-corrected chi connectivity index (χ0v) is 11.8. The van der Waals surface area contributed by atoms with Crippen LogP contribution in [0.2, 0.25) is 0 Å². The lowest BCUT2D eigenvalue weighted by Crippen LogP contribution is -2.27. The van der Waals surface area contributed by atoms with Crippen LogP contribution in [0, 0.1) is 0 Å². The zero-order valence-electron chi connectivity index (χ0n) is 11.8. The lowest BCUT2D eigenvalue weighted by Gasteiger charge is -2.20. The van der Waals surface area contributed by atoms with Crippen molar-refractivity contribution in [3.05, 3.63) is 42.7 Å². The van der Waals surface area contributed by atoms with Gasteiger partial charge in [0.05, 0.1) is 11.4 Å². The highest BCUT2D eigenvalue weighted by atomic mass is 16.6. The van der Waals surface area contributed by atoms with Crippen molar-refractivity contribution in [1.82, 2.24) is 4.57 Å². The Bertz CT molecular complexity index is 598. The van der Waals surface area contributed by atoms with E-state index in [4.69, 9.17) is 4.74 Å². The van der Waals surface area contributed by atoms with Crippen LogP contribution >= 0.6 is 0 Å². The normalized spacial score (nSPS) is 11.2. The molecule has 1 heterocycles. The van der Waals surface area contributed by atoms with Gasteiger partial charge in [0, 0.05) is 18.5 Å². The third-order valence-corrected chi connectivity index (χ3v) is 2.50. The summed E-state index contributed by atoms with van der Waals surface area (Å²) in [6.07, 6.45) is 3.15. The first-order valence-electron chi connectivity index (χ1n) is 6.31. The Kier molecular flexibility index (Phi) is 3.70. The fraction of sp³-hybridized carbons (Fsp3) is 0.267. The summed E-state index contributed by atoms with van der Waals surface area (Å²) < 4.78 is 7.05. The van der Waals surface area contributed by atoms with Crippen molar-refractivity contribution in [2.24, 2.45) is 0 Å². The van der Waals surface area contributed by atoms with Crippen LogP contribution < -0.4 is 5.32 Å². The Morgan fingerprint density at radius 2 is 1.90 bits per heavy atom. The molecule has 1 aromatic carbocycles. The summed E-state index contributed by atoms with van der Waals surface area (Å²) in [5, 5.41) is 12.2. The van der Waals surface area contributed by atoms with E-state index < -0.39 is 11.7 Å². The second kappa shape index (κ2) is 5.28. The van der Waals surface area contributed by atoms with Crippen LogP contribution in [0.5, 0.6) is 5.75 Å². The Morgan fingerprint density at radius 1 is 1.25 bits per heavy atom. The average Bonchev–Trinajstić information content (AvgIpc) is 2.79. The number of nitrogens with one attached hydrogen (secondary N) is 1. The van der Waals surface area contributed by atoms with Gasteiger partial charge in [-0.05, 0) is 45.0 Å². The Balaban J connectivity index is 2.27. The molecule has 20 heavy (non-hydrogen) atoms. The number of hydrogen-bond acceptors (Lipinski definition) is 3. The molecule has 0 aliphatic carbocycles. The maximum Gasteiger partial charge on any atom is 0.412 e. The van der Waals surface area contributed by atoms with Crippen LogP contribution in [-0.4, -0.2) is 21.4 Å². The van der Waals surface area contributed by atoms with Gasteiger partial charge in [-0.3, -0.25) is 5.32 Å². The summed E-state index contributed by atoms with van der Waals surface area (Å²) in [6, 6.07) is 8.53. The number of aromatic hydroxyl groups is 1. The highest BCUT2D eigenvalue weighted by Crippen LogP contribution is 2.26. The van der Waals surface area contributed by atoms with Crippen molar-refractivity contribution in [1.29, 1.82) is 0 Å². The topological polar surface area (TPSA) is 63.5 Å². The number of phenolic OH excluding ortho intramolecular Hbond substituents is 1. The van der Waals surface area contributed by atoms with Crippen molar-refractivity contribution < 1.29 is 14.6 Å². The third-order valence-electron chi connectivity index (χ3n) is 2.50. The minimum Gasteiger partial charge on any atom is -0.508 e. The van der Waals surface area contributed by atoms with E-state index in [0.29, 0.717) is 5.69 Å². The van der Waals surface area contributed by atoms with Crippen molar-refractivity contribution in [2.45, 2.75) is 26.4 Å². The number of carbonyl (C=O) groups is 1. The predicted molar refractivity (Wildman–Crippen MR) is 77.3 cm³/mol. The van der Waals surface area contributed by atoms with Crippen molar-refractivity contribution in [3.63, 3.8) is 0 Å². The van der Waals surface area contributed by atoms with Gasteiger partial charge < -0.3 is 14.4 Å². The molecule has 2 rings (SSSR count). The van der Waals surface area contributed by atoms with Gasteiger partial charge in [-0.2, -0.15) is 0 Å². The summed E-state index contributed by atoms with van der Waals surface area (Å²) in [5.74, 6) is 0.0759. The van der Waals surface area contributed by atoms with Crippen LogP contribution in [0.1, 0.15) is 20.8 Å². The van der Waals surface area contributed by atoms with Crippen molar-refractivity contribution >= 4 is 11.8 Å². The fourth-order valence-electron chi connectivity index (χ4n) is 1.76. The summed E-state index contributed by atoms with van der Waals surface area (Å²) in [4.78, 5) is 11.8. The second-order valence-electron chi connectivity index (χ2n) is 5.42. The monoisotopic (exact) mass is 274 g/mol. The number of benzene rings is 1. The summed E-state index contributed by atoms with van der Waals surface area (Å²) in [5.41, 5.74) is 0.656. The Labute approximate surface area is 117 Å². The quantitative estimate of drug-likeness (QED) is 0.880. The molecule has 0 fully saturated rings. The molecule has 1 aromatic heterocycles. The van der Waals surface area contributed by atoms with E-state index in [1.54, 1.807) is 32.9 Å². The highest BCUT2D eigenvalue weighted by Gasteiger charge is 2.17. The number of hydrogen-bond donors (Lipinski definition) is 2. The predicted octanol–water partition coefficient (Wildman–Crippen LogP) is 3.53. The number of phenols is 1. The maximum atomic E-state index is 11.8. The number of ether oxygens (including phenoxy) is 1. The number of nitrogens with zero attached hydrogens (tertiary/aromatic N) is 1. The first kappa shape index (κ1) is 14.0. The van der Waals surface area contributed by atoms with Crippen LogP contribution in [0.15, 0.2) is 42.7 Å². The molecule has 0 unspecified atom stereocenters. The molecule has 106 valence electrons. The van der Waals surface area contributed by atoms with Gasteiger partial charge in [0.1, 0.15) is 11.4 Å². The molecule has 0 saturated heterocycles. The molecule has 0 spiro atoms. The van der Waals surface area contributed by atoms with Gasteiger partial charge in [0.15, 0.2) is 0 Å².